The van der Waals surface area contributed by atoms with E-state index in [0.29, 0.717) is 22.2 Å². The number of hydrogen-bond acceptors (Lipinski definition) is 8. The summed E-state index contributed by atoms with van der Waals surface area (Å²) in [5, 5.41) is 8.26. The van der Waals surface area contributed by atoms with Gasteiger partial charge in [-0.1, -0.05) is 11.6 Å². The van der Waals surface area contributed by atoms with Gasteiger partial charge in [-0.25, -0.2) is 4.79 Å². The lowest BCUT2D eigenvalue weighted by molar-refractivity contribution is -0.134. The van der Waals surface area contributed by atoms with Crippen LogP contribution >= 0.6 is 23.8 Å². The van der Waals surface area contributed by atoms with Crippen molar-refractivity contribution in [3.8, 4) is 11.5 Å². The van der Waals surface area contributed by atoms with Gasteiger partial charge in [0.2, 0.25) is 0 Å². The predicted molar refractivity (Wildman–Crippen MR) is 105 cm³/mol. The summed E-state index contributed by atoms with van der Waals surface area (Å²) in [6.07, 6.45) is 0. The Labute approximate surface area is 161 Å². The Hall–Kier alpha value is -2.59. The van der Waals surface area contributed by atoms with Crippen LogP contribution in [0.3, 0.4) is 0 Å². The minimum Gasteiger partial charge on any atom is -0.495 e. The summed E-state index contributed by atoms with van der Waals surface area (Å²) >= 11 is 10.7. The standard InChI is InChI=1S/C15H20ClN5O4S/c1-5-25-14(22)13(8(2)18-21-15(17)26)20-19-10-7-11(23-3)9(16)6-12(10)24-4/h6-7,19H,5H2,1-4H3,(H3,17,21,26)/b18-8+,20-13-. The van der Waals surface area contributed by atoms with Crippen LogP contribution < -0.4 is 26.1 Å². The highest BCUT2D eigenvalue weighted by Crippen LogP contribution is 2.35. The topological polar surface area (TPSA) is 120 Å². The Balaban J connectivity index is 3.23. The van der Waals surface area contributed by atoms with E-state index in [1.54, 1.807) is 26.0 Å². The molecular formula is C15H20ClN5O4S. The van der Waals surface area contributed by atoms with Gasteiger partial charge < -0.3 is 19.9 Å². The third-order valence-electron chi connectivity index (χ3n) is 2.91. The maximum atomic E-state index is 12.1. The van der Waals surface area contributed by atoms with Gasteiger partial charge in [-0.05, 0) is 26.1 Å². The van der Waals surface area contributed by atoms with Crippen LogP contribution in [0.4, 0.5) is 5.69 Å². The van der Waals surface area contributed by atoms with Crippen LogP contribution in [0.1, 0.15) is 13.8 Å². The van der Waals surface area contributed by atoms with Gasteiger partial charge >= 0.3 is 5.97 Å². The zero-order chi connectivity index (χ0) is 19.7. The van der Waals surface area contributed by atoms with Crippen molar-refractivity contribution in [1.82, 2.24) is 5.43 Å². The molecule has 1 aromatic rings. The molecule has 9 nitrogen and oxygen atoms in total. The molecule has 0 saturated heterocycles. The number of nitrogens with two attached hydrogens (primary N) is 1. The minimum atomic E-state index is -0.675. The normalized spacial score (nSPS) is 11.6. The van der Waals surface area contributed by atoms with Crippen molar-refractivity contribution in [2.75, 3.05) is 26.3 Å². The van der Waals surface area contributed by atoms with Crippen molar-refractivity contribution in [2.24, 2.45) is 15.9 Å². The lowest BCUT2D eigenvalue weighted by Crippen LogP contribution is -2.30. The molecule has 0 radical (unpaired) electrons. The number of anilines is 1. The average molecular weight is 402 g/mol. The third kappa shape index (κ3) is 6.05. The number of hydrazone groups is 2. The molecule has 0 aliphatic heterocycles. The Morgan fingerprint density at radius 1 is 1.27 bits per heavy atom. The van der Waals surface area contributed by atoms with Gasteiger partial charge in [0.05, 0.1) is 31.6 Å². The van der Waals surface area contributed by atoms with E-state index in [-0.39, 0.29) is 23.1 Å². The molecule has 4 N–H and O–H groups in total. The van der Waals surface area contributed by atoms with Crippen LogP contribution in [-0.4, -0.2) is 43.3 Å². The molecule has 0 heterocycles. The van der Waals surface area contributed by atoms with Gasteiger partial charge in [0.15, 0.2) is 10.8 Å². The maximum Gasteiger partial charge on any atom is 0.360 e. The van der Waals surface area contributed by atoms with Crippen molar-refractivity contribution < 1.29 is 19.0 Å². The molecule has 0 atom stereocenters. The van der Waals surface area contributed by atoms with E-state index in [0.717, 1.165) is 0 Å². The Kier molecular flexibility index (Phi) is 8.59. The zero-order valence-electron chi connectivity index (χ0n) is 14.8. The number of thiocarbonyl (C=S) groups is 1. The molecule has 0 aliphatic carbocycles. The summed E-state index contributed by atoms with van der Waals surface area (Å²) in [6.45, 7) is 3.39. The number of nitrogens with one attached hydrogen (secondary N) is 2. The van der Waals surface area contributed by atoms with Gasteiger partial charge in [0.1, 0.15) is 17.2 Å². The summed E-state index contributed by atoms with van der Waals surface area (Å²) in [4.78, 5) is 12.1. The van der Waals surface area contributed by atoms with E-state index in [9.17, 15) is 4.79 Å². The number of carbonyl (C=O) groups is 1. The van der Waals surface area contributed by atoms with Crippen molar-refractivity contribution in [3.05, 3.63) is 17.2 Å². The van der Waals surface area contributed by atoms with Crippen molar-refractivity contribution in [3.63, 3.8) is 0 Å². The molecule has 0 spiro atoms. The number of rotatable bonds is 8. The van der Waals surface area contributed by atoms with Crippen LogP contribution in [-0.2, 0) is 9.53 Å². The predicted octanol–water partition coefficient (Wildman–Crippen LogP) is 1.90. The van der Waals surface area contributed by atoms with E-state index in [4.69, 9.17) is 31.5 Å². The second kappa shape index (κ2) is 10.4. The molecule has 11 heteroatoms. The largest absolute Gasteiger partial charge is 0.495 e. The fraction of sp³-hybridized carbons (Fsp3) is 0.333. The molecular weight excluding hydrogens is 382 g/mol. The first-order chi connectivity index (χ1) is 12.3. The molecule has 142 valence electrons. The second-order valence-electron chi connectivity index (χ2n) is 4.65. The van der Waals surface area contributed by atoms with Gasteiger partial charge in [-0.3, -0.25) is 10.9 Å². The van der Waals surface area contributed by atoms with Crippen molar-refractivity contribution in [2.45, 2.75) is 13.8 Å². The fourth-order valence-corrected chi connectivity index (χ4v) is 2.01. The summed E-state index contributed by atoms with van der Waals surface area (Å²) in [7, 11) is 2.95. The smallest absolute Gasteiger partial charge is 0.360 e. The van der Waals surface area contributed by atoms with E-state index in [2.05, 4.69) is 33.3 Å². The molecule has 0 amide bonds. The molecule has 1 rings (SSSR count). The van der Waals surface area contributed by atoms with E-state index >= 15 is 0 Å². The van der Waals surface area contributed by atoms with Crippen molar-refractivity contribution in [1.29, 1.82) is 0 Å². The van der Waals surface area contributed by atoms with Crippen molar-refractivity contribution >= 4 is 52.0 Å². The van der Waals surface area contributed by atoms with Crippen LogP contribution in [0.15, 0.2) is 22.3 Å². The molecule has 0 bridgehead atoms. The first-order valence-corrected chi connectivity index (χ1v) is 8.15. The summed E-state index contributed by atoms with van der Waals surface area (Å²) < 4.78 is 15.4. The van der Waals surface area contributed by atoms with Gasteiger partial charge in [-0.15, -0.1) is 0 Å². The first kappa shape index (κ1) is 21.5. The molecule has 0 saturated carbocycles. The van der Waals surface area contributed by atoms with Gasteiger partial charge in [0.25, 0.3) is 0 Å². The number of hydrogen-bond donors (Lipinski definition) is 3. The molecule has 26 heavy (non-hydrogen) atoms. The Bertz CT molecular complexity index is 739. The summed E-state index contributed by atoms with van der Waals surface area (Å²) in [5.41, 5.74) is 11.0. The lowest BCUT2D eigenvalue weighted by atomic mass is 10.2. The lowest BCUT2D eigenvalue weighted by Gasteiger charge is -2.12. The summed E-state index contributed by atoms with van der Waals surface area (Å²) in [6, 6.07) is 3.13. The quantitative estimate of drug-likeness (QED) is 0.261. The highest BCUT2D eigenvalue weighted by atomic mass is 35.5. The number of esters is 1. The second-order valence-corrected chi connectivity index (χ2v) is 5.50. The molecule has 0 fully saturated rings. The molecule has 0 aromatic heterocycles. The highest BCUT2D eigenvalue weighted by molar-refractivity contribution is 7.80. The molecule has 0 unspecified atom stereocenters. The zero-order valence-corrected chi connectivity index (χ0v) is 16.3. The van der Waals surface area contributed by atoms with E-state index in [1.807, 2.05) is 0 Å². The van der Waals surface area contributed by atoms with E-state index < -0.39 is 5.97 Å². The SMILES string of the molecule is CCOC(=O)C(=N\Nc1cc(OC)c(Cl)cc1OC)/C(C)=N/NC(N)=S. The first-order valence-electron chi connectivity index (χ1n) is 7.36. The fourth-order valence-electron chi connectivity index (χ4n) is 1.73. The van der Waals surface area contributed by atoms with Crippen LogP contribution in [0.2, 0.25) is 5.02 Å². The number of nitrogens with zero attached hydrogens (tertiary/aromatic N) is 2. The van der Waals surface area contributed by atoms with Gasteiger partial charge in [-0.2, -0.15) is 10.2 Å². The van der Waals surface area contributed by atoms with Crippen LogP contribution in [0.25, 0.3) is 0 Å². The Morgan fingerprint density at radius 3 is 2.46 bits per heavy atom. The third-order valence-corrected chi connectivity index (χ3v) is 3.29. The number of carbonyl (C=O) groups excluding carboxylic acids is 1. The molecule has 0 aliphatic rings. The number of benzene rings is 1. The van der Waals surface area contributed by atoms with Gasteiger partial charge in [0, 0.05) is 12.1 Å². The number of halogens is 1. The molecule has 1 aromatic carbocycles. The minimum absolute atomic E-state index is 0.0513. The van der Waals surface area contributed by atoms with Crippen LogP contribution in [0, 0.1) is 0 Å². The Morgan fingerprint density at radius 2 is 1.92 bits per heavy atom. The van der Waals surface area contributed by atoms with Crippen LogP contribution in [0.5, 0.6) is 11.5 Å². The highest BCUT2D eigenvalue weighted by Gasteiger charge is 2.18. The maximum absolute atomic E-state index is 12.1. The van der Waals surface area contributed by atoms with E-state index in [1.165, 1.54) is 14.2 Å². The summed E-state index contributed by atoms with van der Waals surface area (Å²) in [5.74, 6) is 0.132. The number of methoxy groups -OCH3 is 2. The monoisotopic (exact) mass is 401 g/mol. The number of ether oxygens (including phenoxy) is 3. The average Bonchev–Trinajstić information content (AvgIpc) is 2.60.